The van der Waals surface area contributed by atoms with Crippen molar-refractivity contribution in [2.75, 3.05) is 20.3 Å². The van der Waals surface area contributed by atoms with Crippen LogP contribution in [0.4, 0.5) is 0 Å². The van der Waals surface area contributed by atoms with Crippen LogP contribution in [0.1, 0.15) is 54.7 Å². The maximum absolute atomic E-state index is 13.0. The summed E-state index contributed by atoms with van der Waals surface area (Å²) in [6, 6.07) is 8.27. The van der Waals surface area contributed by atoms with E-state index in [0.29, 0.717) is 29.8 Å². The predicted octanol–water partition coefficient (Wildman–Crippen LogP) is 3.37. The van der Waals surface area contributed by atoms with E-state index in [0.717, 1.165) is 12.8 Å². The Bertz CT molecular complexity index is 1470. The Morgan fingerprint density at radius 3 is 2.71 bits per heavy atom. The van der Waals surface area contributed by atoms with Crippen LogP contribution in [0, 0.1) is 6.92 Å². The summed E-state index contributed by atoms with van der Waals surface area (Å²) in [4.78, 5) is 17.1. The largest absolute Gasteiger partial charge is 0.507 e. The molecule has 3 aromatic rings. The highest BCUT2D eigenvalue weighted by Gasteiger charge is 2.54. The van der Waals surface area contributed by atoms with E-state index in [1.54, 1.807) is 38.1 Å². The van der Waals surface area contributed by atoms with E-state index < -0.39 is 65.6 Å². The summed E-state index contributed by atoms with van der Waals surface area (Å²) < 4.78 is 29.6. The molecule has 5 rings (SSSR count). The minimum atomic E-state index is -1.29. The van der Waals surface area contributed by atoms with Crippen molar-refractivity contribution < 1.29 is 43.8 Å². The van der Waals surface area contributed by atoms with Gasteiger partial charge in [0.25, 0.3) is 0 Å². The minimum absolute atomic E-state index is 0.0738. The van der Waals surface area contributed by atoms with E-state index in [1.807, 2.05) is 0 Å². The molecule has 0 aliphatic carbocycles. The summed E-state index contributed by atoms with van der Waals surface area (Å²) in [5.74, 6) is -0.953. The molecular weight excluding hydrogens is 534 g/mol. The highest BCUT2D eigenvalue weighted by atomic mass is 16.7. The van der Waals surface area contributed by atoms with Crippen molar-refractivity contribution in [3.05, 3.63) is 69.3 Å². The number of aliphatic hydroxyl groups excluding tert-OH is 3. The maximum Gasteiger partial charge on any atom is 0.351 e. The molecule has 2 fully saturated rings. The number of nitrogens with zero attached hydrogens (tertiary/aromatic N) is 1. The van der Waals surface area contributed by atoms with Gasteiger partial charge in [-0.15, -0.1) is 0 Å². The van der Waals surface area contributed by atoms with Gasteiger partial charge in [0.2, 0.25) is 0 Å². The van der Waals surface area contributed by atoms with Crippen LogP contribution in [0.2, 0.25) is 0 Å². The lowest BCUT2D eigenvalue weighted by atomic mass is 9.83. The SMILES string of the molecule is CO[C@@H]1[C@H](O)[C@@H](OC2CCCCO2)[C@H](c2ccc3c(O)c(C(O)=Cc4ccccn4)c(=O)oc3c2C)O[C@]1(C)CO. The van der Waals surface area contributed by atoms with Gasteiger partial charge in [0.15, 0.2) is 6.29 Å². The summed E-state index contributed by atoms with van der Waals surface area (Å²) in [5, 5.41) is 43.6. The van der Waals surface area contributed by atoms with Crippen molar-refractivity contribution in [1.82, 2.24) is 4.98 Å². The first kappa shape index (κ1) is 29.2. The highest BCUT2D eigenvalue weighted by Crippen LogP contribution is 2.44. The molecule has 6 atom stereocenters. The number of hydrogen-bond donors (Lipinski definition) is 4. The first-order valence-corrected chi connectivity index (χ1v) is 13.6. The van der Waals surface area contributed by atoms with E-state index in [-0.39, 0.29) is 11.0 Å². The number of aromatic nitrogens is 1. The highest BCUT2D eigenvalue weighted by molar-refractivity contribution is 5.92. The third-order valence-corrected chi connectivity index (χ3v) is 7.83. The van der Waals surface area contributed by atoms with Gasteiger partial charge in [0, 0.05) is 26.0 Å². The number of fused-ring (bicyclic) bond motifs is 1. The number of benzene rings is 1. The lowest BCUT2D eigenvalue weighted by Gasteiger charge is -2.50. The zero-order valence-electron chi connectivity index (χ0n) is 23.1. The lowest BCUT2D eigenvalue weighted by Crippen LogP contribution is -2.63. The molecule has 220 valence electrons. The van der Waals surface area contributed by atoms with Crippen LogP contribution in [0.25, 0.3) is 22.8 Å². The molecule has 2 aliphatic rings. The van der Waals surface area contributed by atoms with Crippen LogP contribution < -0.4 is 5.63 Å². The monoisotopic (exact) mass is 569 g/mol. The first-order chi connectivity index (χ1) is 19.7. The molecule has 2 aromatic heterocycles. The topological polar surface area (TPSA) is 161 Å². The van der Waals surface area contributed by atoms with E-state index >= 15 is 0 Å². The van der Waals surface area contributed by atoms with Gasteiger partial charge in [0.1, 0.15) is 52.7 Å². The molecule has 2 saturated heterocycles. The normalized spacial score (nSPS) is 29.1. The molecule has 0 spiro atoms. The Morgan fingerprint density at radius 1 is 1.24 bits per heavy atom. The molecule has 11 nitrogen and oxygen atoms in total. The average molecular weight is 570 g/mol. The van der Waals surface area contributed by atoms with Crippen molar-refractivity contribution in [3.63, 3.8) is 0 Å². The Balaban J connectivity index is 1.59. The quantitative estimate of drug-likeness (QED) is 0.244. The van der Waals surface area contributed by atoms with Crippen LogP contribution in [-0.4, -0.2) is 75.9 Å². The molecule has 0 amide bonds. The van der Waals surface area contributed by atoms with Crippen LogP contribution in [-0.2, 0) is 18.9 Å². The zero-order valence-corrected chi connectivity index (χ0v) is 23.1. The fraction of sp³-hybridized carbons (Fsp3) is 0.467. The van der Waals surface area contributed by atoms with Crippen molar-refractivity contribution in [3.8, 4) is 5.75 Å². The summed E-state index contributed by atoms with van der Waals surface area (Å²) in [6.07, 6.45) is 0.703. The van der Waals surface area contributed by atoms with E-state index in [2.05, 4.69) is 4.98 Å². The van der Waals surface area contributed by atoms with Gasteiger partial charge in [0.05, 0.1) is 17.7 Å². The lowest BCUT2D eigenvalue weighted by molar-refractivity contribution is -0.316. The number of hydrogen-bond acceptors (Lipinski definition) is 11. The number of ether oxygens (including phenoxy) is 4. The van der Waals surface area contributed by atoms with Gasteiger partial charge in [-0.2, -0.15) is 0 Å². The van der Waals surface area contributed by atoms with Gasteiger partial charge in [-0.05, 0) is 62.4 Å². The molecule has 0 saturated carbocycles. The molecule has 4 N–H and O–H groups in total. The summed E-state index contributed by atoms with van der Waals surface area (Å²) >= 11 is 0. The Morgan fingerprint density at radius 2 is 2.05 bits per heavy atom. The van der Waals surface area contributed by atoms with Gasteiger partial charge in [-0.3, -0.25) is 4.98 Å². The minimum Gasteiger partial charge on any atom is -0.507 e. The predicted molar refractivity (Wildman–Crippen MR) is 148 cm³/mol. The molecule has 1 aromatic carbocycles. The second kappa shape index (κ2) is 11.9. The van der Waals surface area contributed by atoms with Gasteiger partial charge in [-0.25, -0.2) is 4.79 Å². The van der Waals surface area contributed by atoms with Gasteiger partial charge >= 0.3 is 5.63 Å². The number of methoxy groups -OCH3 is 1. The van der Waals surface area contributed by atoms with E-state index in [4.69, 9.17) is 23.4 Å². The second-order valence-corrected chi connectivity index (χ2v) is 10.6. The van der Waals surface area contributed by atoms with Crippen LogP contribution in [0.15, 0.2) is 45.7 Å². The van der Waals surface area contributed by atoms with Crippen molar-refractivity contribution in [1.29, 1.82) is 0 Å². The number of rotatable bonds is 7. The Hall–Kier alpha value is -3.32. The fourth-order valence-electron chi connectivity index (χ4n) is 5.65. The first-order valence-electron chi connectivity index (χ1n) is 13.6. The average Bonchev–Trinajstić information content (AvgIpc) is 2.96. The molecule has 1 unspecified atom stereocenters. The number of aliphatic hydroxyl groups is 3. The molecular formula is C30H35NO10. The molecule has 0 bridgehead atoms. The number of aryl methyl sites for hydroxylation is 1. The Labute approximate surface area is 236 Å². The van der Waals surface area contributed by atoms with E-state index in [1.165, 1.54) is 25.4 Å². The molecule has 0 radical (unpaired) electrons. The van der Waals surface area contributed by atoms with Crippen LogP contribution in [0.5, 0.6) is 5.75 Å². The van der Waals surface area contributed by atoms with E-state index in [9.17, 15) is 25.2 Å². The molecule has 4 heterocycles. The summed E-state index contributed by atoms with van der Waals surface area (Å²) in [5.41, 5.74) is -1.22. The second-order valence-electron chi connectivity index (χ2n) is 10.6. The number of pyridine rings is 1. The Kier molecular flexibility index (Phi) is 8.46. The summed E-state index contributed by atoms with van der Waals surface area (Å²) in [7, 11) is 1.42. The fourth-order valence-corrected chi connectivity index (χ4v) is 5.65. The van der Waals surface area contributed by atoms with Crippen molar-refractivity contribution in [2.45, 2.75) is 69.4 Å². The van der Waals surface area contributed by atoms with Gasteiger partial charge < -0.3 is 43.8 Å². The third-order valence-electron chi connectivity index (χ3n) is 7.83. The number of aromatic hydroxyl groups is 1. The summed E-state index contributed by atoms with van der Waals surface area (Å²) in [6.45, 7) is 3.41. The smallest absolute Gasteiger partial charge is 0.351 e. The third kappa shape index (κ3) is 5.49. The van der Waals surface area contributed by atoms with Crippen molar-refractivity contribution in [2.24, 2.45) is 0 Å². The van der Waals surface area contributed by atoms with Crippen molar-refractivity contribution >= 4 is 22.8 Å². The standard InChI is InChI=1S/C30H35NO10/c1-16-18(26-27(39-21-9-5-7-13-38-21)24(35)28(37-3)30(2,15-32)41-26)10-11-19-23(34)22(29(36)40-25(16)19)20(33)14-17-8-4-6-12-31-17/h4,6,8,10-12,14,21,24,26-28,32-35H,5,7,9,13,15H2,1-3H3/t21?,24-,26+,27-,28-,30-/m1/s1. The van der Waals surface area contributed by atoms with Crippen LogP contribution >= 0.6 is 0 Å². The molecule has 2 aliphatic heterocycles. The molecule has 11 heteroatoms. The zero-order chi connectivity index (χ0) is 29.3. The molecule has 41 heavy (non-hydrogen) atoms. The van der Waals surface area contributed by atoms with Gasteiger partial charge in [-0.1, -0.05) is 12.1 Å². The maximum atomic E-state index is 13.0. The van der Waals surface area contributed by atoms with Crippen LogP contribution in [0.3, 0.4) is 0 Å².